The summed E-state index contributed by atoms with van der Waals surface area (Å²) in [7, 11) is 8.65. The fourth-order valence-electron chi connectivity index (χ4n) is 0.934. The van der Waals surface area contributed by atoms with Crippen molar-refractivity contribution in [1.29, 1.82) is 0 Å². The average Bonchev–Trinajstić information content (AvgIpc) is 2.43. The predicted molar refractivity (Wildman–Crippen MR) is 54.2 cm³/mol. The normalized spacial score (nSPS) is 20.0. The lowest BCUT2D eigenvalue weighted by molar-refractivity contribution is 0.414. The molecule has 2 nitrogen and oxygen atoms in total. The van der Waals surface area contributed by atoms with E-state index in [9.17, 15) is 0 Å². The van der Waals surface area contributed by atoms with Gasteiger partial charge in [-0.25, -0.2) is 4.36 Å². The zero-order chi connectivity index (χ0) is 8.55. The maximum Gasteiger partial charge on any atom is 0.120 e. The summed E-state index contributed by atoms with van der Waals surface area (Å²) < 4.78 is 9.31. The first-order valence-corrected chi connectivity index (χ1v) is 6.62. The lowest BCUT2D eigenvalue weighted by Gasteiger charge is -1.99. The molecule has 1 aromatic rings. The Balaban J connectivity index is 2.42. The smallest absolute Gasteiger partial charge is 0.120 e. The molecule has 0 fully saturated rings. The maximum atomic E-state index is 5.86. The van der Waals surface area contributed by atoms with E-state index in [2.05, 4.69) is 4.36 Å². The van der Waals surface area contributed by atoms with Crippen molar-refractivity contribution in [2.75, 3.05) is 7.11 Å². The second-order valence-corrected chi connectivity index (χ2v) is 6.29. The lowest BCUT2D eigenvalue weighted by Crippen LogP contribution is -1.80. The van der Waals surface area contributed by atoms with E-state index >= 15 is 0 Å². The minimum absolute atomic E-state index is 0.421. The minimum atomic E-state index is -0.421. The Labute approximate surface area is 81.3 Å². The fraction of sp³-hybridized carbons (Fsp3) is 0.143. The molecule has 0 aliphatic carbocycles. The van der Waals surface area contributed by atoms with Crippen molar-refractivity contribution in [2.45, 2.75) is 4.90 Å². The van der Waals surface area contributed by atoms with Crippen LogP contribution in [0, 0.1) is 0 Å². The molecule has 0 N–H and O–H groups in total. The van der Waals surface area contributed by atoms with Crippen LogP contribution >= 0.6 is 21.5 Å². The Morgan fingerprint density at radius 1 is 1.58 bits per heavy atom. The van der Waals surface area contributed by atoms with Crippen LogP contribution in [0.5, 0.6) is 5.75 Å². The first kappa shape index (κ1) is 8.41. The molecule has 1 aliphatic rings. The highest BCUT2D eigenvalue weighted by atomic mass is 35.7. The van der Waals surface area contributed by atoms with Gasteiger partial charge < -0.3 is 4.74 Å². The molecule has 2 rings (SSSR count). The van der Waals surface area contributed by atoms with Gasteiger partial charge in [0.2, 0.25) is 0 Å². The van der Waals surface area contributed by atoms with Crippen molar-refractivity contribution in [2.24, 2.45) is 4.36 Å². The third kappa shape index (κ3) is 1.46. The fourth-order valence-corrected chi connectivity index (χ4v) is 3.89. The second kappa shape index (κ2) is 3.28. The molecule has 1 heterocycles. The summed E-state index contributed by atoms with van der Waals surface area (Å²) in [5.41, 5.74) is 0.971. The van der Waals surface area contributed by atoms with E-state index in [1.807, 2.05) is 18.2 Å². The highest BCUT2D eigenvalue weighted by molar-refractivity contribution is 8.78. The monoisotopic (exact) mass is 219 g/mol. The molecule has 12 heavy (non-hydrogen) atoms. The number of fused-ring (bicyclic) bond motifs is 1. The Morgan fingerprint density at radius 3 is 3.17 bits per heavy atom. The number of methoxy groups -OCH3 is 1. The second-order valence-electron chi connectivity index (χ2n) is 2.21. The molecule has 0 amide bonds. The Kier molecular flexibility index (Phi) is 2.30. The minimum Gasteiger partial charge on any atom is -0.497 e. The van der Waals surface area contributed by atoms with Crippen molar-refractivity contribution in [3.63, 3.8) is 0 Å². The van der Waals surface area contributed by atoms with E-state index in [0.717, 1.165) is 16.3 Å². The number of hydrogen-bond donors (Lipinski definition) is 0. The zero-order valence-corrected chi connectivity index (χ0v) is 8.67. The molecule has 0 bridgehead atoms. The van der Waals surface area contributed by atoms with Gasteiger partial charge in [-0.15, -0.1) is 0 Å². The van der Waals surface area contributed by atoms with Crippen molar-refractivity contribution >= 4 is 36.1 Å². The van der Waals surface area contributed by atoms with Crippen LogP contribution in [0.4, 0.5) is 5.69 Å². The molecule has 0 aromatic heterocycles. The first-order chi connectivity index (χ1) is 5.79. The summed E-state index contributed by atoms with van der Waals surface area (Å²) in [6.07, 6.45) is 0. The Bertz CT molecular complexity index is 353. The molecule has 64 valence electrons. The molecule has 5 heteroatoms. The molecule has 1 aliphatic heterocycles. The Morgan fingerprint density at radius 2 is 2.42 bits per heavy atom. The molecular formula is C7H6ClNOS2. The van der Waals surface area contributed by atoms with Gasteiger partial charge in [0.25, 0.3) is 0 Å². The van der Waals surface area contributed by atoms with Gasteiger partial charge in [-0.3, -0.25) is 0 Å². The van der Waals surface area contributed by atoms with Gasteiger partial charge in [0.1, 0.15) is 5.75 Å². The number of rotatable bonds is 1. The molecule has 0 spiro atoms. The molecule has 1 aromatic carbocycles. The van der Waals surface area contributed by atoms with Crippen LogP contribution in [0.25, 0.3) is 0 Å². The van der Waals surface area contributed by atoms with Crippen LogP contribution in [0.2, 0.25) is 0 Å². The summed E-state index contributed by atoms with van der Waals surface area (Å²) >= 11 is 0. The predicted octanol–water partition coefficient (Wildman–Crippen LogP) is 3.30. The number of nitrogens with zero attached hydrogens (tertiary/aromatic N) is 1. The third-order valence-electron chi connectivity index (χ3n) is 1.50. The lowest BCUT2D eigenvalue weighted by atomic mass is 10.3. The molecule has 1 unspecified atom stereocenters. The van der Waals surface area contributed by atoms with Gasteiger partial charge in [0.05, 0.1) is 26.6 Å². The third-order valence-corrected chi connectivity index (χ3v) is 4.43. The van der Waals surface area contributed by atoms with Gasteiger partial charge >= 0.3 is 0 Å². The van der Waals surface area contributed by atoms with Gasteiger partial charge in [0.15, 0.2) is 0 Å². The van der Waals surface area contributed by atoms with Gasteiger partial charge in [-0.05, 0) is 39.7 Å². The molecule has 0 radical (unpaired) electrons. The van der Waals surface area contributed by atoms with E-state index in [-0.39, 0.29) is 0 Å². The van der Waals surface area contributed by atoms with E-state index in [1.165, 1.54) is 0 Å². The van der Waals surface area contributed by atoms with Gasteiger partial charge in [-0.1, -0.05) is 0 Å². The van der Waals surface area contributed by atoms with E-state index < -0.39 is 8.94 Å². The SMILES string of the molecule is COc1ccc2c(c1)SS(Cl)=N2. The molecule has 0 saturated carbocycles. The summed E-state index contributed by atoms with van der Waals surface area (Å²) in [4.78, 5) is 1.10. The zero-order valence-electron chi connectivity index (χ0n) is 6.28. The highest BCUT2D eigenvalue weighted by Crippen LogP contribution is 2.43. The average molecular weight is 220 g/mol. The van der Waals surface area contributed by atoms with Gasteiger partial charge in [0, 0.05) is 0 Å². The van der Waals surface area contributed by atoms with Crippen LogP contribution in [0.15, 0.2) is 27.5 Å². The number of ether oxygens (including phenoxy) is 1. The maximum absolute atomic E-state index is 5.86. The van der Waals surface area contributed by atoms with E-state index in [1.54, 1.807) is 17.9 Å². The van der Waals surface area contributed by atoms with Crippen LogP contribution < -0.4 is 4.74 Å². The highest BCUT2D eigenvalue weighted by Gasteiger charge is 2.13. The molecule has 1 atom stereocenters. The first-order valence-electron chi connectivity index (χ1n) is 3.28. The van der Waals surface area contributed by atoms with Crippen molar-refractivity contribution in [1.82, 2.24) is 0 Å². The quantitative estimate of drug-likeness (QED) is 0.676. The van der Waals surface area contributed by atoms with Gasteiger partial charge in [-0.2, -0.15) is 0 Å². The van der Waals surface area contributed by atoms with Crippen LogP contribution in [0.3, 0.4) is 0 Å². The summed E-state index contributed by atoms with van der Waals surface area (Å²) in [6.45, 7) is 0. The number of hydrogen-bond acceptors (Lipinski definition) is 3. The molecule has 0 saturated heterocycles. The van der Waals surface area contributed by atoms with Crippen LogP contribution in [0.1, 0.15) is 0 Å². The largest absolute Gasteiger partial charge is 0.497 e. The summed E-state index contributed by atoms with van der Waals surface area (Å²) in [5, 5.41) is 0. The standard InChI is InChI=1S/C7H6ClNOS2/c1-10-5-2-3-6-7(4-5)11-12(8)9-6/h2-4H,1H3. The Hall–Kier alpha value is -0.190. The topological polar surface area (TPSA) is 21.6 Å². The van der Waals surface area contributed by atoms with Crippen LogP contribution in [-0.2, 0) is 8.94 Å². The van der Waals surface area contributed by atoms with E-state index in [0.29, 0.717) is 0 Å². The summed E-state index contributed by atoms with van der Waals surface area (Å²) in [5.74, 6) is 0.854. The van der Waals surface area contributed by atoms with Crippen molar-refractivity contribution in [3.8, 4) is 5.75 Å². The van der Waals surface area contributed by atoms with E-state index in [4.69, 9.17) is 15.4 Å². The van der Waals surface area contributed by atoms with Crippen molar-refractivity contribution in [3.05, 3.63) is 18.2 Å². The molecular weight excluding hydrogens is 214 g/mol. The number of halogens is 1. The van der Waals surface area contributed by atoms with Crippen molar-refractivity contribution < 1.29 is 4.74 Å². The summed E-state index contributed by atoms with van der Waals surface area (Å²) in [6, 6.07) is 5.78. The number of benzene rings is 1. The van der Waals surface area contributed by atoms with Crippen LogP contribution in [-0.4, -0.2) is 7.11 Å².